The Labute approximate surface area is 432 Å². The van der Waals surface area contributed by atoms with E-state index in [0.717, 1.165) is 0 Å². The van der Waals surface area contributed by atoms with Gasteiger partial charge in [-0.15, -0.1) is 0 Å². The number of hydrogen-bond donors (Lipinski definition) is 9. The fraction of sp³-hybridized carbons (Fsp3) is 0.694. The zero-order chi connectivity index (χ0) is 56.2. The maximum absolute atomic E-state index is 13.1. The Morgan fingerprint density at radius 3 is 0.947 bits per heavy atom. The molecule has 4 heterocycles. The molecule has 424 valence electrons. The maximum atomic E-state index is 13.1. The lowest BCUT2D eigenvalue weighted by Crippen LogP contribution is -2.67. The fourth-order valence-electron chi connectivity index (χ4n) is 7.68. The molecule has 0 aliphatic carbocycles. The average molecular weight is 1080 g/mol. The first-order valence-electron chi connectivity index (χ1n) is 24.1. The molecule has 4 saturated heterocycles. The van der Waals surface area contributed by atoms with E-state index in [9.17, 15) is 69.9 Å². The van der Waals surface area contributed by atoms with Gasteiger partial charge in [0, 0.05) is 27.9 Å². The summed E-state index contributed by atoms with van der Waals surface area (Å²) < 4.78 is 68.5. The van der Waals surface area contributed by atoms with E-state index < -0.39 is 179 Å². The predicted octanol–water partition coefficient (Wildman–Crippen LogP) is -2.16. The zero-order valence-corrected chi connectivity index (χ0v) is 43.2. The smallest absolute Gasteiger partial charge is 0.333 e. The maximum Gasteiger partial charge on any atom is 0.333 e. The molecule has 20 unspecified atom stereocenters. The van der Waals surface area contributed by atoms with Crippen LogP contribution in [0.25, 0.3) is 0 Å². The SMILES string of the molecule is C/C=C(\C)C(=O)OCC1OC(OC2OC(CO)C(OC3OC(CO)C(OC(=O)/C(C)=C/C)C(OC(=O)/C(C)=C/C)C3O)C(O)C2O)C(O)C(O)C1OC1OC(CO)C(OC(=O)/C(C)=C/C)C(OC(=O)/C(C)=C/C)C1O. The molecular weight excluding hydrogens is 1000 g/mol. The summed E-state index contributed by atoms with van der Waals surface area (Å²) in [5.41, 5.74) is 0.529. The Bertz CT molecular complexity index is 2120. The van der Waals surface area contributed by atoms with Gasteiger partial charge < -0.3 is 103 Å². The quantitative estimate of drug-likeness (QED) is 0.0356. The Balaban J connectivity index is 1.61. The molecular formula is C49H72O26. The van der Waals surface area contributed by atoms with E-state index in [1.54, 1.807) is 20.8 Å². The molecule has 4 rings (SSSR count). The molecule has 0 aromatic heterocycles. The number of ether oxygens (including phenoxy) is 12. The van der Waals surface area contributed by atoms with Crippen molar-refractivity contribution in [2.45, 2.75) is 192 Å². The first-order valence-corrected chi connectivity index (χ1v) is 24.1. The molecule has 75 heavy (non-hydrogen) atoms. The van der Waals surface area contributed by atoms with Crippen molar-refractivity contribution in [1.29, 1.82) is 0 Å². The van der Waals surface area contributed by atoms with Gasteiger partial charge in [0.1, 0.15) is 79.9 Å². The van der Waals surface area contributed by atoms with Crippen LogP contribution in [0.15, 0.2) is 58.2 Å². The van der Waals surface area contributed by atoms with Gasteiger partial charge in [-0.3, -0.25) is 0 Å². The van der Waals surface area contributed by atoms with Crippen LogP contribution in [0.3, 0.4) is 0 Å². The van der Waals surface area contributed by atoms with E-state index in [-0.39, 0.29) is 27.9 Å². The van der Waals surface area contributed by atoms with Gasteiger partial charge in [-0.05, 0) is 69.2 Å². The first kappa shape index (κ1) is 62.9. The molecule has 26 heteroatoms. The van der Waals surface area contributed by atoms with Gasteiger partial charge in [0.25, 0.3) is 0 Å². The number of hydrogen-bond acceptors (Lipinski definition) is 26. The Hall–Kier alpha value is -4.59. The van der Waals surface area contributed by atoms with Crippen molar-refractivity contribution in [3.05, 3.63) is 58.2 Å². The number of rotatable bonds is 20. The third-order valence-corrected chi connectivity index (χ3v) is 13.0. The summed E-state index contributed by atoms with van der Waals surface area (Å²) in [5, 5.41) is 101. The molecule has 4 fully saturated rings. The number of esters is 5. The topological polar surface area (TPSA) is 378 Å². The van der Waals surface area contributed by atoms with Crippen LogP contribution >= 0.6 is 0 Å². The second kappa shape index (κ2) is 28.7. The summed E-state index contributed by atoms with van der Waals surface area (Å²) in [5.74, 6) is -4.60. The molecule has 0 amide bonds. The van der Waals surface area contributed by atoms with E-state index in [1.165, 1.54) is 78.8 Å². The highest BCUT2D eigenvalue weighted by molar-refractivity contribution is 5.90. The highest BCUT2D eigenvalue weighted by Crippen LogP contribution is 2.36. The third-order valence-electron chi connectivity index (χ3n) is 13.0. The standard InChI is InChI=1S/C49H72O26/c1-11-20(6)41(59)64-19-28-36(74-49-34(58)40(72-45(63)24(10)15-5)38(27(18-52)67-49)70-43(61)22(8)13-3)30(54)32(56)47(68-28)75-46-31(55)29(53)35(25(16-50)65-46)73-48-33(57)39(71-44(62)23(9)14-4)37(26(17-51)66-48)69-42(60)21(7)12-2/h11-15,25-40,46-58H,16-19H2,1-10H3/b20-11+,21-12+,22-13+,23-14+,24-15+. The molecule has 9 N–H and O–H groups in total. The first-order chi connectivity index (χ1) is 35.5. The summed E-state index contributed by atoms with van der Waals surface area (Å²) in [6.45, 7) is 11.2. The summed E-state index contributed by atoms with van der Waals surface area (Å²) in [7, 11) is 0. The van der Waals surface area contributed by atoms with E-state index in [4.69, 9.17) is 56.8 Å². The molecule has 0 saturated carbocycles. The van der Waals surface area contributed by atoms with E-state index >= 15 is 0 Å². The van der Waals surface area contributed by atoms with Crippen molar-refractivity contribution in [1.82, 2.24) is 0 Å². The van der Waals surface area contributed by atoms with Crippen molar-refractivity contribution in [2.24, 2.45) is 0 Å². The molecule has 0 bridgehead atoms. The minimum atomic E-state index is -2.20. The van der Waals surface area contributed by atoms with Crippen molar-refractivity contribution < 1.29 is 127 Å². The average Bonchev–Trinajstić information content (AvgIpc) is 3.41. The van der Waals surface area contributed by atoms with E-state index in [2.05, 4.69) is 0 Å². The third kappa shape index (κ3) is 15.1. The minimum Gasteiger partial charge on any atom is -0.459 e. The summed E-state index contributed by atoms with van der Waals surface area (Å²) in [6.07, 6.45) is -30.7. The van der Waals surface area contributed by atoms with Gasteiger partial charge in [0.2, 0.25) is 0 Å². The van der Waals surface area contributed by atoms with Gasteiger partial charge in [0.05, 0.1) is 19.8 Å². The summed E-state index contributed by atoms with van der Waals surface area (Å²) in [4.78, 5) is 64.7. The second-order valence-electron chi connectivity index (χ2n) is 17.9. The lowest BCUT2D eigenvalue weighted by Gasteiger charge is -2.49. The molecule has 4 aliphatic rings. The van der Waals surface area contributed by atoms with Crippen LogP contribution < -0.4 is 0 Å². The lowest BCUT2D eigenvalue weighted by molar-refractivity contribution is -0.400. The predicted molar refractivity (Wildman–Crippen MR) is 250 cm³/mol. The van der Waals surface area contributed by atoms with Crippen molar-refractivity contribution in [2.75, 3.05) is 26.4 Å². The summed E-state index contributed by atoms with van der Waals surface area (Å²) >= 11 is 0. The van der Waals surface area contributed by atoms with E-state index in [0.29, 0.717) is 0 Å². The normalized spacial score (nSPS) is 37.3. The largest absolute Gasteiger partial charge is 0.459 e. The van der Waals surface area contributed by atoms with Crippen LogP contribution in [0.4, 0.5) is 0 Å². The van der Waals surface area contributed by atoms with Crippen LogP contribution in [0.5, 0.6) is 0 Å². The Morgan fingerprint density at radius 2 is 0.627 bits per heavy atom. The monoisotopic (exact) mass is 1080 g/mol. The van der Waals surface area contributed by atoms with Gasteiger partial charge in [0.15, 0.2) is 49.6 Å². The molecule has 20 atom stereocenters. The van der Waals surface area contributed by atoms with E-state index in [1.807, 2.05) is 0 Å². The molecule has 0 radical (unpaired) electrons. The highest BCUT2D eigenvalue weighted by atomic mass is 16.8. The Morgan fingerprint density at radius 1 is 0.360 bits per heavy atom. The van der Waals surface area contributed by atoms with Crippen LogP contribution in [-0.4, -0.2) is 225 Å². The molecule has 26 nitrogen and oxygen atoms in total. The second-order valence-corrected chi connectivity index (χ2v) is 17.9. The number of aliphatic hydroxyl groups is 9. The van der Waals surface area contributed by atoms with Crippen LogP contribution in [-0.2, 0) is 80.8 Å². The van der Waals surface area contributed by atoms with Gasteiger partial charge in [-0.2, -0.15) is 0 Å². The van der Waals surface area contributed by atoms with Crippen LogP contribution in [0.1, 0.15) is 69.2 Å². The zero-order valence-electron chi connectivity index (χ0n) is 43.2. The van der Waals surface area contributed by atoms with Crippen molar-refractivity contribution in [3.63, 3.8) is 0 Å². The molecule has 0 aromatic rings. The summed E-state index contributed by atoms with van der Waals surface area (Å²) in [6, 6.07) is 0. The minimum absolute atomic E-state index is 0.0778. The molecule has 4 aliphatic heterocycles. The number of allylic oxidation sites excluding steroid dienone is 5. The van der Waals surface area contributed by atoms with Crippen molar-refractivity contribution in [3.8, 4) is 0 Å². The molecule has 0 aromatic carbocycles. The van der Waals surface area contributed by atoms with Gasteiger partial charge in [-0.1, -0.05) is 30.4 Å². The Kier molecular flexibility index (Phi) is 24.1. The van der Waals surface area contributed by atoms with Gasteiger partial charge in [-0.25, -0.2) is 24.0 Å². The molecule has 0 spiro atoms. The number of aliphatic hydroxyl groups excluding tert-OH is 9. The number of carbonyl (C=O) groups excluding carboxylic acids is 5. The number of carbonyl (C=O) groups is 5. The van der Waals surface area contributed by atoms with Crippen LogP contribution in [0.2, 0.25) is 0 Å². The van der Waals surface area contributed by atoms with Crippen LogP contribution in [0, 0.1) is 0 Å². The van der Waals surface area contributed by atoms with Crippen molar-refractivity contribution >= 4 is 29.8 Å². The fourth-order valence-corrected chi connectivity index (χ4v) is 7.68. The lowest BCUT2D eigenvalue weighted by atomic mass is 9.95. The van der Waals surface area contributed by atoms with Gasteiger partial charge >= 0.3 is 29.8 Å². The highest BCUT2D eigenvalue weighted by Gasteiger charge is 2.57.